The summed E-state index contributed by atoms with van der Waals surface area (Å²) in [5.74, 6) is 0.00634. The Morgan fingerprint density at radius 1 is 1.35 bits per heavy atom. The smallest absolute Gasteiger partial charge is 0.227 e. The summed E-state index contributed by atoms with van der Waals surface area (Å²) in [6, 6.07) is 5.25. The largest absolute Gasteiger partial charge is 0.364 e. The first-order valence-electron chi connectivity index (χ1n) is 6.28. The molecule has 1 aromatic heterocycles. The van der Waals surface area contributed by atoms with E-state index in [4.69, 9.17) is 27.7 Å². The van der Waals surface area contributed by atoms with Crippen molar-refractivity contribution < 1.29 is 9.32 Å². The predicted octanol–water partition coefficient (Wildman–Crippen LogP) is 3.11. The van der Waals surface area contributed by atoms with E-state index in [1.807, 2.05) is 0 Å². The first-order valence-corrected chi connectivity index (χ1v) is 7.03. The summed E-state index contributed by atoms with van der Waals surface area (Å²) in [7, 11) is 0. The van der Waals surface area contributed by atoms with Crippen LogP contribution in [0.5, 0.6) is 0 Å². The molecule has 1 amide bonds. The van der Waals surface area contributed by atoms with Gasteiger partial charge in [-0.3, -0.25) is 4.79 Å². The molecular formula is C14H12Cl2N2O2. The van der Waals surface area contributed by atoms with Crippen LogP contribution in [0.3, 0.4) is 0 Å². The van der Waals surface area contributed by atoms with E-state index in [9.17, 15) is 4.79 Å². The first-order chi connectivity index (χ1) is 9.65. The van der Waals surface area contributed by atoms with E-state index in [-0.39, 0.29) is 12.3 Å². The van der Waals surface area contributed by atoms with Crippen LogP contribution in [0.4, 0.5) is 0 Å². The fourth-order valence-corrected chi connectivity index (χ4v) is 2.85. The van der Waals surface area contributed by atoms with Crippen LogP contribution in [-0.2, 0) is 24.2 Å². The quantitative estimate of drug-likeness (QED) is 0.856. The van der Waals surface area contributed by atoms with Crippen LogP contribution in [0.15, 0.2) is 29.0 Å². The fraction of sp³-hybridized carbons (Fsp3) is 0.286. The van der Waals surface area contributed by atoms with Crippen molar-refractivity contribution in [2.45, 2.75) is 19.4 Å². The highest BCUT2D eigenvalue weighted by Crippen LogP contribution is 2.26. The van der Waals surface area contributed by atoms with Gasteiger partial charge in [-0.15, -0.1) is 0 Å². The van der Waals surface area contributed by atoms with Gasteiger partial charge < -0.3 is 9.42 Å². The number of benzene rings is 1. The molecule has 0 N–H and O–H groups in total. The van der Waals surface area contributed by atoms with Crippen LogP contribution in [0.1, 0.15) is 16.8 Å². The molecule has 0 radical (unpaired) electrons. The molecule has 3 rings (SSSR count). The van der Waals surface area contributed by atoms with Crippen molar-refractivity contribution in [2.75, 3.05) is 6.54 Å². The molecule has 1 aliphatic rings. The summed E-state index contributed by atoms with van der Waals surface area (Å²) in [5.41, 5.74) is 2.58. The third-order valence-electron chi connectivity index (χ3n) is 3.45. The molecule has 1 aromatic carbocycles. The molecule has 0 spiro atoms. The highest BCUT2D eigenvalue weighted by Gasteiger charge is 2.24. The monoisotopic (exact) mass is 310 g/mol. The van der Waals surface area contributed by atoms with Crippen molar-refractivity contribution in [3.05, 3.63) is 51.3 Å². The Balaban J connectivity index is 1.75. The van der Waals surface area contributed by atoms with Gasteiger partial charge in [0.05, 0.1) is 18.7 Å². The zero-order valence-corrected chi connectivity index (χ0v) is 12.1. The Hall–Kier alpha value is -1.52. The van der Waals surface area contributed by atoms with Crippen molar-refractivity contribution >= 4 is 29.1 Å². The molecule has 0 saturated heterocycles. The zero-order chi connectivity index (χ0) is 14.1. The number of fused-ring (bicyclic) bond motifs is 1. The second kappa shape index (κ2) is 5.46. The summed E-state index contributed by atoms with van der Waals surface area (Å²) in [4.78, 5) is 14.1. The Labute approximate surface area is 126 Å². The van der Waals surface area contributed by atoms with Gasteiger partial charge in [0.15, 0.2) is 0 Å². The maximum absolute atomic E-state index is 12.4. The summed E-state index contributed by atoms with van der Waals surface area (Å²) < 4.78 is 4.92. The molecule has 104 valence electrons. The van der Waals surface area contributed by atoms with Crippen LogP contribution in [-0.4, -0.2) is 22.5 Å². The minimum absolute atomic E-state index is 0.00634. The standard InChI is InChI=1S/C14H12Cl2N2O2/c15-11-2-1-3-12(16)10(11)6-14(19)18-5-4-13-9(7-18)8-20-17-13/h1-3,8H,4-7H2. The fourth-order valence-electron chi connectivity index (χ4n) is 2.32. The number of halogens is 2. The molecule has 6 heteroatoms. The van der Waals surface area contributed by atoms with Crippen LogP contribution in [0.25, 0.3) is 0 Å². The average molecular weight is 311 g/mol. The number of hydrogen-bond acceptors (Lipinski definition) is 3. The second-order valence-electron chi connectivity index (χ2n) is 4.73. The first kappa shape index (κ1) is 13.5. The summed E-state index contributed by atoms with van der Waals surface area (Å²) in [6.07, 6.45) is 2.52. The van der Waals surface area contributed by atoms with Crippen LogP contribution in [0, 0.1) is 0 Å². The highest BCUT2D eigenvalue weighted by molar-refractivity contribution is 6.36. The maximum Gasteiger partial charge on any atom is 0.227 e. The van der Waals surface area contributed by atoms with Gasteiger partial charge in [0, 0.05) is 28.6 Å². The molecule has 2 heterocycles. The second-order valence-corrected chi connectivity index (χ2v) is 5.54. The topological polar surface area (TPSA) is 46.3 Å². The molecule has 0 saturated carbocycles. The molecule has 0 atom stereocenters. The number of amides is 1. The lowest BCUT2D eigenvalue weighted by atomic mass is 10.1. The third-order valence-corrected chi connectivity index (χ3v) is 4.16. The molecule has 0 fully saturated rings. The molecule has 2 aromatic rings. The van der Waals surface area contributed by atoms with Crippen LogP contribution < -0.4 is 0 Å². The third kappa shape index (κ3) is 2.53. The van der Waals surface area contributed by atoms with Crippen molar-refractivity contribution in [2.24, 2.45) is 0 Å². The lowest BCUT2D eigenvalue weighted by Crippen LogP contribution is -2.36. The van der Waals surface area contributed by atoms with Gasteiger partial charge in [-0.05, 0) is 17.7 Å². The van der Waals surface area contributed by atoms with E-state index >= 15 is 0 Å². The minimum Gasteiger partial charge on any atom is -0.364 e. The van der Waals surface area contributed by atoms with E-state index in [1.54, 1.807) is 29.4 Å². The van der Waals surface area contributed by atoms with Gasteiger partial charge in [0.25, 0.3) is 0 Å². The summed E-state index contributed by atoms with van der Waals surface area (Å²) in [5, 5.41) is 4.95. The molecule has 0 unspecified atom stereocenters. The van der Waals surface area contributed by atoms with Gasteiger partial charge in [-0.1, -0.05) is 34.4 Å². The lowest BCUT2D eigenvalue weighted by Gasteiger charge is -2.26. The Kier molecular flexibility index (Phi) is 3.68. The SMILES string of the molecule is O=C(Cc1c(Cl)cccc1Cl)N1CCc2nocc2C1. The Bertz CT molecular complexity index is 634. The number of aromatic nitrogens is 1. The number of carbonyl (C=O) groups is 1. The predicted molar refractivity (Wildman–Crippen MR) is 75.8 cm³/mol. The number of carbonyl (C=O) groups excluding carboxylic acids is 1. The van der Waals surface area contributed by atoms with Crippen LogP contribution >= 0.6 is 23.2 Å². The van der Waals surface area contributed by atoms with E-state index in [0.717, 1.165) is 11.3 Å². The van der Waals surface area contributed by atoms with Gasteiger partial charge >= 0.3 is 0 Å². The average Bonchev–Trinajstić information content (AvgIpc) is 2.90. The van der Waals surface area contributed by atoms with E-state index in [1.165, 1.54) is 0 Å². The summed E-state index contributed by atoms with van der Waals surface area (Å²) >= 11 is 12.2. The van der Waals surface area contributed by atoms with Gasteiger partial charge in [-0.25, -0.2) is 0 Å². The van der Waals surface area contributed by atoms with Crippen LogP contribution in [0.2, 0.25) is 10.0 Å². The Morgan fingerprint density at radius 3 is 2.85 bits per heavy atom. The van der Waals surface area contributed by atoms with Crippen molar-refractivity contribution in [1.29, 1.82) is 0 Å². The highest BCUT2D eigenvalue weighted by atomic mass is 35.5. The van der Waals surface area contributed by atoms with Gasteiger partial charge in [0.2, 0.25) is 5.91 Å². The minimum atomic E-state index is 0.00634. The van der Waals surface area contributed by atoms with Gasteiger partial charge in [0.1, 0.15) is 6.26 Å². The van der Waals surface area contributed by atoms with E-state index < -0.39 is 0 Å². The lowest BCUT2D eigenvalue weighted by molar-refractivity contribution is -0.131. The van der Waals surface area contributed by atoms with Crippen molar-refractivity contribution in [3.8, 4) is 0 Å². The van der Waals surface area contributed by atoms with Crippen molar-refractivity contribution in [1.82, 2.24) is 10.1 Å². The zero-order valence-electron chi connectivity index (χ0n) is 10.6. The molecule has 0 aliphatic carbocycles. The van der Waals surface area contributed by atoms with E-state index in [0.29, 0.717) is 35.1 Å². The summed E-state index contributed by atoms with van der Waals surface area (Å²) in [6.45, 7) is 1.17. The van der Waals surface area contributed by atoms with Gasteiger partial charge in [-0.2, -0.15) is 0 Å². The molecule has 1 aliphatic heterocycles. The molecule has 0 bridgehead atoms. The molecule has 4 nitrogen and oxygen atoms in total. The Morgan fingerprint density at radius 2 is 2.10 bits per heavy atom. The number of rotatable bonds is 2. The number of nitrogens with zero attached hydrogens (tertiary/aromatic N) is 2. The van der Waals surface area contributed by atoms with E-state index in [2.05, 4.69) is 5.16 Å². The molecule has 20 heavy (non-hydrogen) atoms. The maximum atomic E-state index is 12.4. The molecular weight excluding hydrogens is 299 g/mol. The number of hydrogen-bond donors (Lipinski definition) is 0. The normalized spacial score (nSPS) is 14.2. The van der Waals surface area contributed by atoms with Crippen molar-refractivity contribution in [3.63, 3.8) is 0 Å².